The number of hydrogen-bond acceptors (Lipinski definition) is 4. The molecule has 0 N–H and O–H groups in total. The molecule has 2 heterocycles. The standard InChI is InChI=1S/C44H32Cl2F2N4O2/c1-25-7-15-35(47)39(41(25)45)43(53)38-29(21-50)13-14-30(33(38)19-27-9-11-28(20-49)12-10-27)23-52-24-34(32-5-3-4-6-37(32)52)31-17-18-51(22-31)44(54)40-36(48)16-8-26(2)42(40)46/h3-16,24,31H,17-19,22-23H2,1-2H3. The van der Waals surface area contributed by atoms with Gasteiger partial charge >= 0.3 is 0 Å². The van der Waals surface area contributed by atoms with E-state index in [1.807, 2.05) is 36.5 Å². The van der Waals surface area contributed by atoms with Crippen molar-refractivity contribution < 1.29 is 18.4 Å². The number of nitrogens with zero attached hydrogens (tertiary/aromatic N) is 4. The summed E-state index contributed by atoms with van der Waals surface area (Å²) in [4.78, 5) is 29.6. The van der Waals surface area contributed by atoms with Crippen molar-refractivity contribution in [3.8, 4) is 12.1 Å². The molecule has 1 atom stereocenters. The molecule has 0 aliphatic carbocycles. The molecule has 0 radical (unpaired) electrons. The van der Waals surface area contributed by atoms with Crippen LogP contribution in [-0.4, -0.2) is 34.2 Å². The molecule has 54 heavy (non-hydrogen) atoms. The predicted octanol–water partition coefficient (Wildman–Crippen LogP) is 10.1. The van der Waals surface area contributed by atoms with Crippen LogP contribution in [0.2, 0.25) is 10.0 Å². The summed E-state index contributed by atoms with van der Waals surface area (Å²) in [5.41, 5.74) is 5.34. The van der Waals surface area contributed by atoms with Crippen LogP contribution in [0.15, 0.2) is 91.1 Å². The van der Waals surface area contributed by atoms with Crippen molar-refractivity contribution in [3.63, 3.8) is 0 Å². The minimum atomic E-state index is -0.785. The van der Waals surface area contributed by atoms with Gasteiger partial charge in [-0.15, -0.1) is 0 Å². The fraction of sp³-hybridized carbons (Fsp3) is 0.182. The number of amides is 1. The number of nitriles is 2. The van der Waals surface area contributed by atoms with E-state index in [1.165, 1.54) is 18.2 Å². The Morgan fingerprint density at radius 3 is 2.17 bits per heavy atom. The van der Waals surface area contributed by atoms with Gasteiger partial charge in [-0.25, -0.2) is 8.78 Å². The number of likely N-dealkylation sites (tertiary alicyclic amines) is 1. The lowest BCUT2D eigenvalue weighted by molar-refractivity contribution is 0.0786. The van der Waals surface area contributed by atoms with Crippen LogP contribution in [0.4, 0.5) is 8.78 Å². The third-order valence-corrected chi connectivity index (χ3v) is 11.3. The van der Waals surface area contributed by atoms with E-state index >= 15 is 4.39 Å². The first-order valence-corrected chi connectivity index (χ1v) is 18.1. The first-order valence-electron chi connectivity index (χ1n) is 17.4. The van der Waals surface area contributed by atoms with E-state index in [0.29, 0.717) is 48.3 Å². The van der Waals surface area contributed by atoms with Crippen LogP contribution in [0.5, 0.6) is 0 Å². The molecule has 1 aliphatic rings. The summed E-state index contributed by atoms with van der Waals surface area (Å²) < 4.78 is 32.3. The molecular weight excluding hydrogens is 725 g/mol. The maximum atomic E-state index is 15.4. The Morgan fingerprint density at radius 2 is 1.48 bits per heavy atom. The van der Waals surface area contributed by atoms with E-state index < -0.39 is 23.3 Å². The maximum absolute atomic E-state index is 15.4. The second-order valence-electron chi connectivity index (χ2n) is 13.6. The number of aromatic nitrogens is 1. The number of carbonyl (C=O) groups excluding carboxylic acids is 2. The van der Waals surface area contributed by atoms with Crippen LogP contribution in [-0.2, 0) is 13.0 Å². The number of ketones is 1. The van der Waals surface area contributed by atoms with Gasteiger partial charge in [0.25, 0.3) is 5.91 Å². The van der Waals surface area contributed by atoms with Crippen molar-refractivity contribution in [2.75, 3.05) is 13.1 Å². The summed E-state index contributed by atoms with van der Waals surface area (Å²) in [6, 6.07) is 28.0. The van der Waals surface area contributed by atoms with E-state index in [1.54, 1.807) is 55.1 Å². The van der Waals surface area contributed by atoms with Gasteiger partial charge in [0.15, 0.2) is 5.78 Å². The minimum Gasteiger partial charge on any atom is -0.343 e. The monoisotopic (exact) mass is 756 g/mol. The molecule has 7 rings (SSSR count). The van der Waals surface area contributed by atoms with Crippen molar-refractivity contribution in [2.24, 2.45) is 0 Å². The number of fused-ring (bicyclic) bond motifs is 1. The smallest absolute Gasteiger partial charge is 0.258 e. The summed E-state index contributed by atoms with van der Waals surface area (Å²) in [6.45, 7) is 4.52. The molecule has 1 aliphatic heterocycles. The molecule has 0 saturated carbocycles. The van der Waals surface area contributed by atoms with E-state index in [9.17, 15) is 24.5 Å². The Morgan fingerprint density at radius 1 is 0.815 bits per heavy atom. The number of carbonyl (C=O) groups is 2. The summed E-state index contributed by atoms with van der Waals surface area (Å²) in [5, 5.41) is 20.7. The molecular formula is C44H32Cl2F2N4O2. The average molecular weight is 758 g/mol. The number of hydrogen-bond donors (Lipinski definition) is 0. The lowest BCUT2D eigenvalue weighted by Gasteiger charge is -2.19. The normalized spacial score (nSPS) is 13.9. The highest BCUT2D eigenvalue weighted by molar-refractivity contribution is 6.36. The third kappa shape index (κ3) is 6.64. The summed E-state index contributed by atoms with van der Waals surface area (Å²) in [6.07, 6.45) is 2.92. The Bertz CT molecular complexity index is 2580. The van der Waals surface area contributed by atoms with Gasteiger partial charge < -0.3 is 9.47 Å². The number of aryl methyl sites for hydroxylation is 2. The van der Waals surface area contributed by atoms with Gasteiger partial charge in [-0.3, -0.25) is 9.59 Å². The van der Waals surface area contributed by atoms with Crippen molar-refractivity contribution in [2.45, 2.75) is 39.2 Å². The second-order valence-corrected chi connectivity index (χ2v) is 14.4. The van der Waals surface area contributed by atoms with Crippen LogP contribution in [0, 0.1) is 48.1 Å². The first kappa shape index (κ1) is 36.6. The topological polar surface area (TPSA) is 89.9 Å². The Labute approximate surface area is 321 Å². The van der Waals surface area contributed by atoms with Gasteiger partial charge in [-0.2, -0.15) is 10.5 Å². The van der Waals surface area contributed by atoms with E-state index in [4.69, 9.17) is 23.2 Å². The highest BCUT2D eigenvalue weighted by Gasteiger charge is 2.33. The maximum Gasteiger partial charge on any atom is 0.258 e. The van der Waals surface area contributed by atoms with Crippen LogP contribution in [0.1, 0.15) is 83.1 Å². The van der Waals surface area contributed by atoms with Crippen LogP contribution >= 0.6 is 23.2 Å². The van der Waals surface area contributed by atoms with E-state index in [0.717, 1.165) is 27.6 Å². The summed E-state index contributed by atoms with van der Waals surface area (Å²) >= 11 is 12.9. The highest BCUT2D eigenvalue weighted by atomic mass is 35.5. The van der Waals surface area contributed by atoms with Gasteiger partial charge in [-0.1, -0.05) is 71.7 Å². The highest BCUT2D eigenvalue weighted by Crippen LogP contribution is 2.37. The van der Waals surface area contributed by atoms with Crippen LogP contribution in [0.3, 0.4) is 0 Å². The zero-order valence-electron chi connectivity index (χ0n) is 29.4. The molecule has 6 aromatic rings. The van der Waals surface area contributed by atoms with Crippen LogP contribution in [0.25, 0.3) is 10.9 Å². The molecule has 6 nitrogen and oxygen atoms in total. The van der Waals surface area contributed by atoms with Gasteiger partial charge in [-0.05, 0) is 96.5 Å². The van der Waals surface area contributed by atoms with E-state index in [2.05, 4.69) is 16.7 Å². The zero-order chi connectivity index (χ0) is 38.3. The van der Waals surface area contributed by atoms with Crippen molar-refractivity contribution >= 4 is 45.8 Å². The van der Waals surface area contributed by atoms with Gasteiger partial charge in [0.05, 0.1) is 44.4 Å². The molecule has 268 valence electrons. The van der Waals surface area contributed by atoms with Gasteiger partial charge in [0, 0.05) is 48.2 Å². The van der Waals surface area contributed by atoms with Gasteiger partial charge in [0.2, 0.25) is 0 Å². The third-order valence-electron chi connectivity index (χ3n) is 10.3. The number of para-hydroxylation sites is 1. The Hall–Kier alpha value is -5.80. The molecule has 10 heteroatoms. The fourth-order valence-corrected chi connectivity index (χ4v) is 7.88. The average Bonchev–Trinajstić information content (AvgIpc) is 3.81. The largest absolute Gasteiger partial charge is 0.343 e. The molecule has 1 fully saturated rings. The first-order chi connectivity index (χ1) is 26.0. The molecule has 1 amide bonds. The minimum absolute atomic E-state index is 0.0174. The number of rotatable bonds is 8. The number of benzene rings is 5. The Balaban J connectivity index is 1.31. The fourth-order valence-electron chi connectivity index (χ4n) is 7.41. The quantitative estimate of drug-likeness (QED) is 0.145. The SMILES string of the molecule is Cc1ccc(F)c(C(=O)c2c(C#N)ccc(Cn3cc(C4CCN(C(=O)c5c(F)ccc(C)c5Cl)C4)c4ccccc43)c2Cc2ccc(C#N)cc2)c1Cl. The molecule has 0 spiro atoms. The predicted molar refractivity (Wildman–Crippen MR) is 205 cm³/mol. The number of halogens is 4. The van der Waals surface area contributed by atoms with Gasteiger partial charge in [0.1, 0.15) is 11.6 Å². The Kier molecular flexibility index (Phi) is 10.1. The zero-order valence-corrected chi connectivity index (χ0v) is 30.9. The van der Waals surface area contributed by atoms with Crippen LogP contribution < -0.4 is 0 Å². The summed E-state index contributed by atoms with van der Waals surface area (Å²) in [7, 11) is 0. The molecule has 5 aromatic carbocycles. The van der Waals surface area contributed by atoms with Crippen molar-refractivity contribution in [3.05, 3.63) is 174 Å². The lowest BCUT2D eigenvalue weighted by atomic mass is 9.86. The molecule has 0 bridgehead atoms. The molecule has 1 saturated heterocycles. The molecule has 1 aromatic heterocycles. The molecule has 1 unspecified atom stereocenters. The second kappa shape index (κ2) is 14.9. The van der Waals surface area contributed by atoms with E-state index in [-0.39, 0.29) is 44.6 Å². The summed E-state index contributed by atoms with van der Waals surface area (Å²) in [5.74, 6) is -2.62. The van der Waals surface area contributed by atoms with Crippen molar-refractivity contribution in [1.82, 2.24) is 9.47 Å². The lowest BCUT2D eigenvalue weighted by Crippen LogP contribution is -2.29. The van der Waals surface area contributed by atoms with Crippen molar-refractivity contribution in [1.29, 1.82) is 10.5 Å².